The van der Waals surface area contributed by atoms with Gasteiger partial charge in [0.25, 0.3) is 0 Å². The van der Waals surface area contributed by atoms with Crippen LogP contribution in [0.15, 0.2) is 34.9 Å². The van der Waals surface area contributed by atoms with Crippen molar-refractivity contribution in [2.24, 2.45) is 0 Å². The van der Waals surface area contributed by atoms with E-state index in [0.29, 0.717) is 5.95 Å². The minimum atomic E-state index is 0.570. The molecule has 3 rings (SSSR count). The number of hydrogen-bond donors (Lipinski definition) is 2. The quantitative estimate of drug-likeness (QED) is 0.760. The minimum absolute atomic E-state index is 0.570. The molecule has 3 aromatic rings. The Morgan fingerprint density at radius 1 is 1.29 bits per heavy atom. The maximum atomic E-state index is 4.55. The Morgan fingerprint density at radius 3 is 2.86 bits per heavy atom. The largest absolute Gasteiger partial charge is 0.357 e. The Morgan fingerprint density at radius 2 is 2.10 bits per heavy atom. The van der Waals surface area contributed by atoms with E-state index in [-0.39, 0.29) is 0 Å². The zero-order valence-electron chi connectivity index (χ0n) is 11.8. The molecule has 7 heteroatoms. The van der Waals surface area contributed by atoms with Crippen molar-refractivity contribution >= 4 is 38.7 Å². The van der Waals surface area contributed by atoms with Gasteiger partial charge in [0.05, 0.1) is 11.6 Å². The molecule has 108 valence electrons. The molecule has 0 unspecified atom stereocenters. The fourth-order valence-corrected chi connectivity index (χ4v) is 2.59. The van der Waals surface area contributed by atoms with Gasteiger partial charge in [-0.1, -0.05) is 34.1 Å². The Kier molecular flexibility index (Phi) is 3.74. The van der Waals surface area contributed by atoms with Crippen LogP contribution in [-0.4, -0.2) is 34.3 Å². The number of hydrogen-bond acceptors (Lipinski definition) is 5. The molecule has 0 aliphatic carbocycles. The Bertz CT molecular complexity index is 769. The summed E-state index contributed by atoms with van der Waals surface area (Å²) in [6.07, 6.45) is 1.75. The lowest BCUT2D eigenvalue weighted by molar-refractivity contribution is 0.897. The molecule has 0 radical (unpaired) electrons. The second-order valence-electron chi connectivity index (χ2n) is 4.70. The molecule has 6 nitrogen and oxygen atoms in total. The summed E-state index contributed by atoms with van der Waals surface area (Å²) < 4.78 is 1.09. The Balaban J connectivity index is 1.99. The number of anilines is 2. The lowest BCUT2D eigenvalue weighted by atomic mass is 10.2. The van der Waals surface area contributed by atoms with Crippen molar-refractivity contribution < 1.29 is 0 Å². The van der Waals surface area contributed by atoms with Gasteiger partial charge < -0.3 is 10.2 Å². The fourth-order valence-electron chi connectivity index (χ4n) is 2.18. The average molecular weight is 347 g/mol. The van der Waals surface area contributed by atoms with Gasteiger partial charge in [-0.05, 0) is 11.6 Å². The van der Waals surface area contributed by atoms with Gasteiger partial charge in [-0.2, -0.15) is 15.1 Å². The van der Waals surface area contributed by atoms with Gasteiger partial charge in [-0.25, -0.2) is 0 Å². The lowest BCUT2D eigenvalue weighted by Crippen LogP contribution is -2.19. The van der Waals surface area contributed by atoms with E-state index in [1.165, 1.54) is 5.56 Å². The van der Waals surface area contributed by atoms with Crippen LogP contribution < -0.4 is 10.2 Å². The van der Waals surface area contributed by atoms with E-state index < -0.39 is 0 Å². The summed E-state index contributed by atoms with van der Waals surface area (Å²) in [4.78, 5) is 11.0. The van der Waals surface area contributed by atoms with Crippen LogP contribution in [0.3, 0.4) is 0 Å². The summed E-state index contributed by atoms with van der Waals surface area (Å²) in [5.41, 5.74) is 1.92. The van der Waals surface area contributed by atoms with Gasteiger partial charge in [0.1, 0.15) is 5.82 Å². The highest BCUT2D eigenvalue weighted by atomic mass is 79.9. The van der Waals surface area contributed by atoms with Crippen molar-refractivity contribution in [2.45, 2.75) is 6.54 Å². The first-order valence-corrected chi connectivity index (χ1v) is 7.31. The third-order valence-electron chi connectivity index (χ3n) is 3.24. The number of nitrogens with one attached hydrogen (secondary N) is 2. The third-order valence-corrected chi connectivity index (χ3v) is 4.01. The number of nitrogens with zero attached hydrogens (tertiary/aromatic N) is 4. The summed E-state index contributed by atoms with van der Waals surface area (Å²) in [6, 6.07) is 8.16. The molecule has 0 spiro atoms. The molecule has 0 atom stereocenters. The monoisotopic (exact) mass is 346 g/mol. The fraction of sp³-hybridized carbons (Fsp3) is 0.214. The summed E-state index contributed by atoms with van der Waals surface area (Å²) in [7, 11) is 3.81. The predicted octanol–water partition coefficient (Wildman–Crippen LogP) is 2.79. The van der Waals surface area contributed by atoms with Crippen molar-refractivity contribution in [3.63, 3.8) is 0 Å². The van der Waals surface area contributed by atoms with Crippen LogP contribution in [0.25, 0.3) is 11.0 Å². The first kappa shape index (κ1) is 13.8. The Hall–Kier alpha value is -2.15. The maximum absolute atomic E-state index is 4.55. The highest BCUT2D eigenvalue weighted by Gasteiger charge is 2.13. The molecule has 0 aliphatic heterocycles. The van der Waals surface area contributed by atoms with Crippen LogP contribution in [0.4, 0.5) is 11.8 Å². The van der Waals surface area contributed by atoms with E-state index in [0.717, 1.165) is 27.9 Å². The van der Waals surface area contributed by atoms with Crippen molar-refractivity contribution in [3.8, 4) is 0 Å². The molecular weight excluding hydrogens is 332 g/mol. The molecular formula is C14H15BrN6. The standard InChI is InChI=1S/C14H15BrN6/c1-16-14-18-12-10(7-17-20-12)13(19-14)21(2)8-9-5-3-4-6-11(9)15/h3-7H,8H2,1-2H3,(H2,16,17,18,19,20). The SMILES string of the molecule is CNc1nc(N(C)Cc2ccccc2Br)c2cn[nH]c2n1. The minimum Gasteiger partial charge on any atom is -0.357 e. The van der Waals surface area contributed by atoms with E-state index in [2.05, 4.69) is 52.4 Å². The first-order valence-electron chi connectivity index (χ1n) is 6.52. The average Bonchev–Trinajstić information content (AvgIpc) is 2.96. The number of benzene rings is 1. The topological polar surface area (TPSA) is 69.7 Å². The maximum Gasteiger partial charge on any atom is 0.226 e. The van der Waals surface area contributed by atoms with Crippen molar-refractivity contribution in [2.75, 3.05) is 24.3 Å². The number of H-pyrrole nitrogens is 1. The zero-order chi connectivity index (χ0) is 14.8. The summed E-state index contributed by atoms with van der Waals surface area (Å²) in [6.45, 7) is 0.738. The molecule has 2 aromatic heterocycles. The molecule has 21 heavy (non-hydrogen) atoms. The molecule has 0 fully saturated rings. The molecule has 0 amide bonds. The van der Waals surface area contributed by atoms with Crippen LogP contribution >= 0.6 is 15.9 Å². The molecule has 0 saturated heterocycles. The molecule has 2 N–H and O–H groups in total. The van der Waals surface area contributed by atoms with Gasteiger partial charge in [-0.15, -0.1) is 0 Å². The number of halogens is 1. The highest BCUT2D eigenvalue weighted by molar-refractivity contribution is 9.10. The number of aromatic amines is 1. The zero-order valence-corrected chi connectivity index (χ0v) is 13.3. The molecule has 1 aromatic carbocycles. The second kappa shape index (κ2) is 5.69. The number of aromatic nitrogens is 4. The van der Waals surface area contributed by atoms with Crippen LogP contribution in [0.2, 0.25) is 0 Å². The molecule has 0 aliphatic rings. The summed E-state index contributed by atoms with van der Waals surface area (Å²) in [5, 5.41) is 10.8. The van der Waals surface area contributed by atoms with Crippen molar-refractivity contribution in [3.05, 3.63) is 40.5 Å². The smallest absolute Gasteiger partial charge is 0.226 e. The number of fused-ring (bicyclic) bond motifs is 1. The molecule has 0 bridgehead atoms. The third kappa shape index (κ3) is 2.69. The van der Waals surface area contributed by atoms with E-state index in [9.17, 15) is 0 Å². The number of rotatable bonds is 4. The predicted molar refractivity (Wildman–Crippen MR) is 87.5 cm³/mol. The van der Waals surface area contributed by atoms with Crippen LogP contribution in [-0.2, 0) is 6.54 Å². The molecule has 2 heterocycles. The van der Waals surface area contributed by atoms with Crippen LogP contribution in [0.1, 0.15) is 5.56 Å². The molecule has 0 saturated carbocycles. The van der Waals surface area contributed by atoms with Crippen molar-refractivity contribution in [1.29, 1.82) is 0 Å². The van der Waals surface area contributed by atoms with E-state index >= 15 is 0 Å². The summed E-state index contributed by atoms with van der Waals surface area (Å²) in [5.74, 6) is 1.41. The van der Waals surface area contributed by atoms with Gasteiger partial charge in [0, 0.05) is 25.1 Å². The van der Waals surface area contributed by atoms with Crippen LogP contribution in [0.5, 0.6) is 0 Å². The highest BCUT2D eigenvalue weighted by Crippen LogP contribution is 2.25. The first-order chi connectivity index (χ1) is 10.2. The second-order valence-corrected chi connectivity index (χ2v) is 5.55. The normalized spacial score (nSPS) is 10.8. The van der Waals surface area contributed by atoms with Gasteiger partial charge in [0.2, 0.25) is 5.95 Å². The van der Waals surface area contributed by atoms with Crippen molar-refractivity contribution in [1.82, 2.24) is 20.2 Å². The van der Waals surface area contributed by atoms with E-state index in [4.69, 9.17) is 0 Å². The van der Waals surface area contributed by atoms with Gasteiger partial charge >= 0.3 is 0 Å². The summed E-state index contributed by atoms with van der Waals surface area (Å²) >= 11 is 3.58. The van der Waals surface area contributed by atoms with Crippen LogP contribution in [0, 0.1) is 0 Å². The van der Waals surface area contributed by atoms with Gasteiger partial charge in [0.15, 0.2) is 5.65 Å². The Labute approximate surface area is 130 Å². The van der Waals surface area contributed by atoms with E-state index in [1.54, 1.807) is 13.2 Å². The van der Waals surface area contributed by atoms with E-state index in [1.807, 2.05) is 25.2 Å². The lowest BCUT2D eigenvalue weighted by Gasteiger charge is -2.20. The van der Waals surface area contributed by atoms with Gasteiger partial charge in [-0.3, -0.25) is 5.10 Å².